The van der Waals surface area contributed by atoms with Crippen molar-refractivity contribution in [2.45, 2.75) is 0 Å². The van der Waals surface area contributed by atoms with Gasteiger partial charge in [0.15, 0.2) is 0 Å². The maximum atomic E-state index is 14.0. The Labute approximate surface area is 205 Å². The Morgan fingerprint density at radius 1 is 0.429 bits per heavy atom. The lowest BCUT2D eigenvalue weighted by atomic mass is 9.84. The van der Waals surface area contributed by atoms with Crippen LogP contribution in [0.5, 0.6) is 0 Å². The van der Waals surface area contributed by atoms with E-state index in [4.69, 9.17) is 0 Å². The van der Waals surface area contributed by atoms with Crippen LogP contribution in [0.25, 0.3) is 54.9 Å². The topological polar surface area (TPSA) is 17.1 Å². The Morgan fingerprint density at radius 3 is 1.57 bits per heavy atom. The van der Waals surface area contributed by atoms with E-state index in [1.54, 1.807) is 0 Å². The van der Waals surface area contributed by atoms with Gasteiger partial charge in [-0.2, -0.15) is 0 Å². The van der Waals surface area contributed by atoms with E-state index in [9.17, 15) is 4.57 Å². The van der Waals surface area contributed by atoms with Crippen LogP contribution in [-0.2, 0) is 4.57 Å². The van der Waals surface area contributed by atoms with E-state index in [-0.39, 0.29) is 0 Å². The van der Waals surface area contributed by atoms with Crippen molar-refractivity contribution in [3.8, 4) is 33.4 Å². The van der Waals surface area contributed by atoms with E-state index in [0.717, 1.165) is 27.3 Å². The zero-order valence-electron chi connectivity index (χ0n) is 19.4. The highest BCUT2D eigenvalue weighted by molar-refractivity contribution is 7.79. The monoisotopic (exact) mass is 466 g/mol. The number of hydrogen-bond acceptors (Lipinski definition) is 1. The average Bonchev–Trinajstić information content (AvgIpc) is 3.15. The zero-order valence-corrected chi connectivity index (χ0v) is 20.3. The molecular weight excluding hydrogens is 443 g/mol. The van der Waals surface area contributed by atoms with Gasteiger partial charge < -0.3 is 4.57 Å². The molecule has 1 unspecified atom stereocenters. The van der Waals surface area contributed by atoms with Crippen LogP contribution in [0, 0.1) is 0 Å². The van der Waals surface area contributed by atoms with Crippen molar-refractivity contribution < 1.29 is 4.57 Å². The number of rotatable bonds is 2. The molecule has 0 radical (unpaired) electrons. The van der Waals surface area contributed by atoms with Crippen molar-refractivity contribution in [2.24, 2.45) is 0 Å². The van der Waals surface area contributed by atoms with E-state index < -0.39 is 7.14 Å². The number of benzene rings is 6. The molecule has 0 N–H and O–H groups in total. The van der Waals surface area contributed by atoms with Crippen LogP contribution in [-0.4, -0.2) is 6.66 Å². The molecule has 1 aliphatic heterocycles. The number of fused-ring (bicyclic) bond motifs is 5. The second-order valence-electron chi connectivity index (χ2n) is 9.35. The maximum Gasteiger partial charge on any atom is 0.141 e. The van der Waals surface area contributed by atoms with E-state index in [0.29, 0.717) is 0 Å². The third-order valence-electron chi connectivity index (χ3n) is 7.40. The minimum Gasteiger partial charge on any atom is -0.314 e. The van der Waals surface area contributed by atoms with Gasteiger partial charge in [0.2, 0.25) is 0 Å². The van der Waals surface area contributed by atoms with Crippen LogP contribution in [0.4, 0.5) is 0 Å². The fourth-order valence-corrected chi connectivity index (χ4v) is 8.22. The van der Waals surface area contributed by atoms with Crippen LogP contribution in [0.3, 0.4) is 0 Å². The smallest absolute Gasteiger partial charge is 0.141 e. The average molecular weight is 467 g/mol. The molecule has 1 aliphatic rings. The standard InChI is InChI=1S/C33H23OP/c1-35(34)29-20-10-9-18-27(29)33-28(19-11-21-30(33)35)32-25-16-7-5-14-23(25)31(22-12-3-2-4-13-22)24-15-6-8-17-26(24)32/h2-21H,1H3. The van der Waals surface area contributed by atoms with Crippen LogP contribution in [0.2, 0.25) is 0 Å². The predicted octanol–water partition coefficient (Wildman–Crippen LogP) is 8.25. The molecule has 1 heterocycles. The molecule has 0 bridgehead atoms. The largest absolute Gasteiger partial charge is 0.314 e. The van der Waals surface area contributed by atoms with Gasteiger partial charge >= 0.3 is 0 Å². The fourth-order valence-electron chi connectivity index (χ4n) is 5.91. The minimum atomic E-state index is -2.65. The molecule has 0 aromatic heterocycles. The van der Waals surface area contributed by atoms with Gasteiger partial charge in [0.05, 0.1) is 0 Å². The van der Waals surface area contributed by atoms with Gasteiger partial charge in [-0.1, -0.05) is 121 Å². The Hall–Kier alpha value is -3.93. The first-order chi connectivity index (χ1) is 17.2. The van der Waals surface area contributed by atoms with Crippen molar-refractivity contribution in [1.82, 2.24) is 0 Å². The first kappa shape index (κ1) is 20.4. The molecule has 0 fully saturated rings. The van der Waals surface area contributed by atoms with Gasteiger partial charge in [-0.15, -0.1) is 0 Å². The summed E-state index contributed by atoms with van der Waals surface area (Å²) in [7, 11) is -2.65. The molecule has 0 spiro atoms. The third-order valence-corrected chi connectivity index (χ3v) is 10.0. The molecule has 0 saturated heterocycles. The summed E-state index contributed by atoms with van der Waals surface area (Å²) in [6, 6.07) is 42.6. The van der Waals surface area contributed by atoms with Gasteiger partial charge in [-0.25, -0.2) is 0 Å². The summed E-state index contributed by atoms with van der Waals surface area (Å²) in [5.41, 5.74) is 7.06. The third kappa shape index (κ3) is 2.86. The van der Waals surface area contributed by atoms with Crippen molar-refractivity contribution in [3.63, 3.8) is 0 Å². The highest BCUT2D eigenvalue weighted by Gasteiger charge is 2.36. The Kier molecular flexibility index (Phi) is 4.40. The first-order valence-corrected chi connectivity index (χ1v) is 14.1. The summed E-state index contributed by atoms with van der Waals surface area (Å²) in [4.78, 5) is 0. The van der Waals surface area contributed by atoms with Gasteiger partial charge in [0.1, 0.15) is 7.14 Å². The van der Waals surface area contributed by atoms with Crippen molar-refractivity contribution in [1.29, 1.82) is 0 Å². The van der Waals surface area contributed by atoms with Crippen LogP contribution in [0.1, 0.15) is 0 Å². The van der Waals surface area contributed by atoms with E-state index in [1.165, 1.54) is 38.2 Å². The van der Waals surface area contributed by atoms with Gasteiger partial charge in [0.25, 0.3) is 0 Å². The summed E-state index contributed by atoms with van der Waals surface area (Å²) < 4.78 is 14.0. The summed E-state index contributed by atoms with van der Waals surface area (Å²) in [6.45, 7) is 1.91. The summed E-state index contributed by atoms with van der Waals surface area (Å²) in [6.07, 6.45) is 0. The van der Waals surface area contributed by atoms with Crippen molar-refractivity contribution in [2.75, 3.05) is 6.66 Å². The van der Waals surface area contributed by atoms with Crippen LogP contribution >= 0.6 is 7.14 Å². The first-order valence-electron chi connectivity index (χ1n) is 12.0. The lowest BCUT2D eigenvalue weighted by Gasteiger charge is -2.19. The molecule has 166 valence electrons. The normalized spacial score (nSPS) is 16.4. The summed E-state index contributed by atoms with van der Waals surface area (Å²) in [5.74, 6) is 0. The van der Waals surface area contributed by atoms with E-state index in [1.807, 2.05) is 18.8 Å². The Morgan fingerprint density at radius 2 is 0.914 bits per heavy atom. The lowest BCUT2D eigenvalue weighted by Crippen LogP contribution is -2.08. The molecule has 6 aromatic carbocycles. The molecule has 0 amide bonds. The molecular formula is C33H23OP. The van der Waals surface area contributed by atoms with Crippen LogP contribution in [0.15, 0.2) is 121 Å². The Bertz CT molecular complexity index is 1780. The summed E-state index contributed by atoms with van der Waals surface area (Å²) >= 11 is 0. The second kappa shape index (κ2) is 7.54. The molecule has 2 heteroatoms. The predicted molar refractivity (Wildman–Crippen MR) is 151 cm³/mol. The quantitative estimate of drug-likeness (QED) is 0.185. The van der Waals surface area contributed by atoms with E-state index >= 15 is 0 Å². The SMILES string of the molecule is CP1(=O)c2ccccc2-c2c(-c3c4ccccc4c(-c4ccccc4)c4ccccc34)cccc21. The van der Waals surface area contributed by atoms with Crippen molar-refractivity contribution in [3.05, 3.63) is 121 Å². The number of hydrogen-bond donors (Lipinski definition) is 0. The molecule has 6 aromatic rings. The van der Waals surface area contributed by atoms with Crippen molar-refractivity contribution >= 4 is 39.3 Å². The Balaban J connectivity index is 1.68. The molecule has 0 saturated carbocycles. The second-order valence-corrected chi connectivity index (χ2v) is 12.2. The fraction of sp³-hybridized carbons (Fsp3) is 0.0303. The minimum absolute atomic E-state index is 0.969. The highest BCUT2D eigenvalue weighted by Crippen LogP contribution is 2.54. The molecule has 1 atom stereocenters. The van der Waals surface area contributed by atoms with Gasteiger partial charge in [-0.05, 0) is 56.0 Å². The lowest BCUT2D eigenvalue weighted by molar-refractivity contribution is 0.591. The molecule has 1 nitrogen and oxygen atoms in total. The maximum absolute atomic E-state index is 14.0. The highest BCUT2D eigenvalue weighted by atomic mass is 31.2. The zero-order chi connectivity index (χ0) is 23.6. The van der Waals surface area contributed by atoms with Gasteiger partial charge in [-0.3, -0.25) is 0 Å². The molecule has 0 aliphatic carbocycles. The summed E-state index contributed by atoms with van der Waals surface area (Å²) in [5, 5.41) is 6.84. The van der Waals surface area contributed by atoms with Crippen LogP contribution < -0.4 is 10.6 Å². The van der Waals surface area contributed by atoms with E-state index in [2.05, 4.69) is 109 Å². The molecule has 7 rings (SSSR count). The molecule has 35 heavy (non-hydrogen) atoms. The van der Waals surface area contributed by atoms with Gasteiger partial charge in [0, 0.05) is 16.2 Å².